The third kappa shape index (κ3) is 5.94. The molecule has 9 heteroatoms. The van der Waals surface area contributed by atoms with Crippen molar-refractivity contribution in [2.75, 3.05) is 0 Å². The number of benzene rings is 3. The summed E-state index contributed by atoms with van der Waals surface area (Å²) in [6, 6.07) is 22.7. The van der Waals surface area contributed by atoms with E-state index in [1.54, 1.807) is 30.3 Å². The van der Waals surface area contributed by atoms with Crippen LogP contribution in [0.4, 0.5) is 27.3 Å². The fraction of sp³-hybridized carbons (Fsp3) is 0. The molecule has 1 heterocycles. The predicted molar refractivity (Wildman–Crippen MR) is 104 cm³/mol. The van der Waals surface area contributed by atoms with Crippen molar-refractivity contribution in [3.05, 3.63) is 90.0 Å². The maximum atomic E-state index is 13.1. The molecule has 0 aliphatic rings. The topological polar surface area (TPSA) is 47.3 Å². The lowest BCUT2D eigenvalue weighted by molar-refractivity contribution is -0.400. The van der Waals surface area contributed by atoms with E-state index in [1.807, 2.05) is 36.4 Å². The van der Waals surface area contributed by atoms with Crippen LogP contribution in [-0.4, -0.2) is 12.4 Å². The van der Waals surface area contributed by atoms with E-state index in [1.165, 1.54) is 12.1 Å². The molecule has 0 aliphatic carbocycles. The highest BCUT2D eigenvalue weighted by molar-refractivity contribution is 6.50. The zero-order chi connectivity index (χ0) is 21.7. The Balaban J connectivity index is 0.000000461. The molecule has 0 aliphatic heterocycles. The van der Waals surface area contributed by atoms with Crippen LogP contribution >= 0.6 is 0 Å². The van der Waals surface area contributed by atoms with Gasteiger partial charge in [0, 0.05) is 17.7 Å². The minimum absolute atomic E-state index is 0.150. The SMILES string of the molecule is F[B-](F)(F)F.Oc1ccc2oc(-c3ccccc3)cc(=[NH+]c3ccc(F)cc3)c2c1. The average Bonchev–Trinajstić information content (AvgIpc) is 2.69. The van der Waals surface area contributed by atoms with Crippen molar-refractivity contribution in [2.45, 2.75) is 0 Å². The Morgan fingerprint density at radius 3 is 2.07 bits per heavy atom. The molecule has 1 aromatic heterocycles. The van der Waals surface area contributed by atoms with Crippen LogP contribution in [0.3, 0.4) is 0 Å². The van der Waals surface area contributed by atoms with E-state index < -0.39 is 7.25 Å². The van der Waals surface area contributed by atoms with Crippen LogP contribution in [0.1, 0.15) is 0 Å². The highest BCUT2D eigenvalue weighted by Crippen LogP contribution is 2.23. The van der Waals surface area contributed by atoms with Gasteiger partial charge in [-0.15, -0.1) is 0 Å². The number of aromatic hydroxyl groups is 1. The van der Waals surface area contributed by atoms with Crippen molar-refractivity contribution in [3.8, 4) is 17.1 Å². The molecule has 3 nitrogen and oxygen atoms in total. The van der Waals surface area contributed by atoms with Crippen LogP contribution in [-0.2, 0) is 0 Å². The lowest BCUT2D eigenvalue weighted by Crippen LogP contribution is -2.70. The molecule has 3 aromatic carbocycles. The highest BCUT2D eigenvalue weighted by Gasteiger charge is 2.20. The Bertz CT molecular complexity index is 1200. The van der Waals surface area contributed by atoms with Crippen LogP contribution in [0.2, 0.25) is 0 Å². The molecule has 0 spiro atoms. The fourth-order valence-electron chi connectivity index (χ4n) is 2.71. The summed E-state index contributed by atoms with van der Waals surface area (Å²) in [7, 11) is -6.00. The third-order valence-electron chi connectivity index (χ3n) is 3.93. The number of nitrogens with one attached hydrogen (secondary N) is 1. The van der Waals surface area contributed by atoms with E-state index in [-0.39, 0.29) is 11.6 Å². The van der Waals surface area contributed by atoms with E-state index in [4.69, 9.17) is 4.42 Å². The summed E-state index contributed by atoms with van der Waals surface area (Å²) in [5, 5.41) is 11.3. The van der Waals surface area contributed by atoms with Crippen LogP contribution in [0.25, 0.3) is 22.3 Å². The Hall–Kier alpha value is -3.62. The van der Waals surface area contributed by atoms with Crippen molar-refractivity contribution < 1.29 is 36.2 Å². The first-order valence-electron chi connectivity index (χ1n) is 8.74. The Kier molecular flexibility index (Phi) is 6.20. The molecule has 0 saturated heterocycles. The summed E-state index contributed by atoms with van der Waals surface area (Å²) in [5.74, 6) is 0.557. The summed E-state index contributed by atoms with van der Waals surface area (Å²) in [5.41, 5.74) is 2.33. The summed E-state index contributed by atoms with van der Waals surface area (Å²) < 4.78 is 58.1. The molecule has 0 unspecified atom stereocenters. The number of hydrogen-bond donors (Lipinski definition) is 2. The lowest BCUT2D eigenvalue weighted by Gasteiger charge is -2.03. The van der Waals surface area contributed by atoms with Gasteiger partial charge in [-0.2, -0.15) is 0 Å². The van der Waals surface area contributed by atoms with E-state index in [0.29, 0.717) is 11.3 Å². The van der Waals surface area contributed by atoms with Crippen LogP contribution < -0.4 is 10.3 Å². The molecule has 0 fully saturated rings. The van der Waals surface area contributed by atoms with Crippen LogP contribution in [0.5, 0.6) is 5.75 Å². The van der Waals surface area contributed by atoms with Gasteiger partial charge in [0.2, 0.25) is 11.0 Å². The van der Waals surface area contributed by atoms with E-state index in [0.717, 1.165) is 22.0 Å². The Labute approximate surface area is 167 Å². The van der Waals surface area contributed by atoms with E-state index >= 15 is 0 Å². The average molecular weight is 419 g/mol. The van der Waals surface area contributed by atoms with Gasteiger partial charge >= 0.3 is 7.25 Å². The minimum Gasteiger partial charge on any atom is -0.508 e. The van der Waals surface area contributed by atoms with Gasteiger partial charge in [-0.1, -0.05) is 30.3 Å². The van der Waals surface area contributed by atoms with Gasteiger partial charge in [-0.05, 0) is 30.3 Å². The first-order valence-corrected chi connectivity index (χ1v) is 8.74. The van der Waals surface area contributed by atoms with Gasteiger partial charge in [0.25, 0.3) is 0 Å². The maximum absolute atomic E-state index is 13.1. The number of phenols is 1. The number of halogens is 5. The van der Waals surface area contributed by atoms with Gasteiger partial charge in [0.05, 0.1) is 11.5 Å². The quantitative estimate of drug-likeness (QED) is 0.370. The van der Waals surface area contributed by atoms with Crippen molar-refractivity contribution in [1.82, 2.24) is 0 Å². The smallest absolute Gasteiger partial charge is 0.508 e. The molecular formula is C21H15BF5NO2. The van der Waals surface area contributed by atoms with E-state index in [9.17, 15) is 26.8 Å². The molecule has 4 rings (SSSR count). The normalized spacial score (nSPS) is 11.8. The zero-order valence-corrected chi connectivity index (χ0v) is 15.3. The van der Waals surface area contributed by atoms with E-state index in [2.05, 4.69) is 4.99 Å². The lowest BCUT2D eigenvalue weighted by atomic mass is 10.1. The summed E-state index contributed by atoms with van der Waals surface area (Å²) >= 11 is 0. The number of rotatable bonds is 2. The van der Waals surface area contributed by atoms with Crippen LogP contribution in [0, 0.1) is 5.82 Å². The molecule has 154 valence electrons. The molecule has 2 N–H and O–H groups in total. The zero-order valence-electron chi connectivity index (χ0n) is 15.3. The fourth-order valence-corrected chi connectivity index (χ4v) is 2.71. The molecule has 0 saturated carbocycles. The Morgan fingerprint density at radius 2 is 1.43 bits per heavy atom. The monoisotopic (exact) mass is 419 g/mol. The number of phenolic OH excluding ortho intramolecular Hbond substituents is 1. The summed E-state index contributed by atoms with van der Waals surface area (Å²) in [6.07, 6.45) is 0. The predicted octanol–water partition coefficient (Wildman–Crippen LogP) is 4.56. The Morgan fingerprint density at radius 1 is 0.800 bits per heavy atom. The highest BCUT2D eigenvalue weighted by atomic mass is 19.5. The molecule has 0 bridgehead atoms. The van der Waals surface area contributed by atoms with Gasteiger partial charge in [0.15, 0.2) is 0 Å². The number of hydrogen-bond acceptors (Lipinski definition) is 2. The molecule has 4 aromatic rings. The standard InChI is InChI=1S/C21H14FNO2.BF4/c22-15-6-8-16(9-7-15)23-19-13-21(14-4-2-1-3-5-14)25-20-11-10-17(24)12-18(19)20;2-1(3,4)5/h1-13,24H;/q;-1/p+1. The largest absolute Gasteiger partial charge is 0.673 e. The second-order valence-electron chi connectivity index (χ2n) is 6.20. The maximum Gasteiger partial charge on any atom is 0.673 e. The van der Waals surface area contributed by atoms with Gasteiger partial charge in [-0.3, -0.25) is 0 Å². The van der Waals surface area contributed by atoms with Crippen molar-refractivity contribution in [3.63, 3.8) is 0 Å². The van der Waals surface area contributed by atoms with Gasteiger partial charge < -0.3 is 26.8 Å². The van der Waals surface area contributed by atoms with Crippen molar-refractivity contribution in [2.24, 2.45) is 0 Å². The second kappa shape index (κ2) is 8.81. The molecule has 0 amide bonds. The second-order valence-corrected chi connectivity index (χ2v) is 6.20. The van der Waals surface area contributed by atoms with Gasteiger partial charge in [-0.25, -0.2) is 9.38 Å². The first-order chi connectivity index (χ1) is 14.2. The van der Waals surface area contributed by atoms with Crippen molar-refractivity contribution >= 4 is 23.9 Å². The molecular weight excluding hydrogens is 404 g/mol. The third-order valence-corrected chi connectivity index (χ3v) is 3.93. The molecule has 30 heavy (non-hydrogen) atoms. The molecule has 0 atom stereocenters. The minimum atomic E-state index is -6.00. The van der Waals surface area contributed by atoms with Crippen molar-refractivity contribution in [1.29, 1.82) is 0 Å². The van der Waals surface area contributed by atoms with Gasteiger partial charge in [0.1, 0.15) is 22.9 Å². The summed E-state index contributed by atoms with van der Waals surface area (Å²) in [6.45, 7) is 0. The number of fused-ring (bicyclic) bond motifs is 1. The van der Waals surface area contributed by atoms with Crippen LogP contribution in [0.15, 0.2) is 83.3 Å². The molecule has 0 radical (unpaired) electrons. The summed E-state index contributed by atoms with van der Waals surface area (Å²) in [4.78, 5) is 3.27. The first kappa shape index (κ1) is 21.1.